The second-order valence-electron chi connectivity index (χ2n) is 2.87. The lowest BCUT2D eigenvalue weighted by Crippen LogP contribution is -2.12. The molecule has 74 valence electrons. The van der Waals surface area contributed by atoms with E-state index in [-0.39, 0.29) is 0 Å². The Morgan fingerprint density at radius 1 is 1.13 bits per heavy atom. The highest BCUT2D eigenvalue weighted by Gasteiger charge is 1.84. The quantitative estimate of drug-likeness (QED) is 0.728. The van der Waals surface area contributed by atoms with Crippen LogP contribution >= 0.6 is 0 Å². The Hall–Kier alpha value is -2.28. The van der Waals surface area contributed by atoms with Gasteiger partial charge in [0.15, 0.2) is 0 Å². The average molecular weight is 198 g/mol. The highest BCUT2D eigenvalue weighted by atomic mass is 15.5. The summed E-state index contributed by atoms with van der Waals surface area (Å²) in [6.45, 7) is 0.562. The van der Waals surface area contributed by atoms with Gasteiger partial charge < -0.3 is 5.43 Å². The smallest absolute Gasteiger partial charge is 0.138 e. The van der Waals surface area contributed by atoms with Gasteiger partial charge in [-0.25, -0.2) is 4.68 Å². The highest BCUT2D eigenvalue weighted by molar-refractivity contribution is 5.34. The molecule has 0 radical (unpaired) electrons. The third kappa shape index (κ3) is 2.85. The van der Waals surface area contributed by atoms with Crippen LogP contribution in [0.25, 0.3) is 0 Å². The molecule has 1 aromatic carbocycles. The van der Waals surface area contributed by atoms with Crippen molar-refractivity contribution in [1.82, 2.24) is 14.9 Å². The zero-order chi connectivity index (χ0) is 10.3. The van der Waals surface area contributed by atoms with E-state index in [2.05, 4.69) is 27.5 Å². The van der Waals surface area contributed by atoms with Gasteiger partial charge in [-0.15, -0.1) is 10.2 Å². The number of nitrogens with one attached hydrogen (secondary N) is 1. The first kappa shape index (κ1) is 9.28. The Morgan fingerprint density at radius 3 is 2.60 bits per heavy atom. The lowest BCUT2D eigenvalue weighted by Gasteiger charge is -1.98. The van der Waals surface area contributed by atoms with Gasteiger partial charge in [-0.3, -0.25) is 0 Å². The number of hydrogen-bond acceptors (Lipinski definition) is 3. The summed E-state index contributed by atoms with van der Waals surface area (Å²) in [5, 5.41) is 7.32. The van der Waals surface area contributed by atoms with E-state index in [9.17, 15) is 0 Å². The third-order valence-corrected chi connectivity index (χ3v) is 1.78. The van der Waals surface area contributed by atoms with E-state index in [0.29, 0.717) is 6.54 Å². The Labute approximate surface area is 87.9 Å². The standard InChI is InChI=1S/C11H10N4/c1-2-5-11(6-3-1)7-4-8-14-15-9-12-13-10-15/h1-3,5-6,9-10,14H,8H2. The van der Waals surface area contributed by atoms with Crippen LogP contribution in [0.15, 0.2) is 43.0 Å². The molecule has 1 aromatic heterocycles. The zero-order valence-electron chi connectivity index (χ0n) is 8.09. The summed E-state index contributed by atoms with van der Waals surface area (Å²) in [4.78, 5) is 0. The van der Waals surface area contributed by atoms with Gasteiger partial charge >= 0.3 is 0 Å². The molecular formula is C11H10N4. The normalized spacial score (nSPS) is 9.07. The van der Waals surface area contributed by atoms with E-state index in [4.69, 9.17) is 0 Å². The fourth-order valence-electron chi connectivity index (χ4n) is 1.08. The number of aromatic nitrogens is 3. The van der Waals surface area contributed by atoms with E-state index in [1.165, 1.54) is 0 Å². The molecule has 2 aromatic rings. The molecule has 0 atom stereocenters. The second-order valence-corrected chi connectivity index (χ2v) is 2.87. The minimum absolute atomic E-state index is 0.562. The summed E-state index contributed by atoms with van der Waals surface area (Å²) in [5.74, 6) is 6.04. The monoisotopic (exact) mass is 198 g/mol. The van der Waals surface area contributed by atoms with Crippen LogP contribution in [0.4, 0.5) is 0 Å². The lowest BCUT2D eigenvalue weighted by molar-refractivity contribution is 0.891. The molecular weight excluding hydrogens is 188 g/mol. The summed E-state index contributed by atoms with van der Waals surface area (Å²) < 4.78 is 1.67. The maximum absolute atomic E-state index is 3.66. The van der Waals surface area contributed by atoms with Crippen LogP contribution < -0.4 is 5.43 Å². The molecule has 0 aliphatic rings. The van der Waals surface area contributed by atoms with Crippen molar-refractivity contribution in [2.45, 2.75) is 0 Å². The van der Waals surface area contributed by atoms with Crippen LogP contribution in [0.1, 0.15) is 5.56 Å². The van der Waals surface area contributed by atoms with Crippen molar-refractivity contribution in [2.75, 3.05) is 12.0 Å². The number of hydrogen-bond donors (Lipinski definition) is 1. The van der Waals surface area contributed by atoms with Gasteiger partial charge in [0.1, 0.15) is 12.7 Å². The molecule has 0 amide bonds. The Balaban J connectivity index is 1.86. The van der Waals surface area contributed by atoms with Crippen molar-refractivity contribution in [2.24, 2.45) is 0 Å². The molecule has 4 nitrogen and oxygen atoms in total. The van der Waals surface area contributed by atoms with Crippen molar-refractivity contribution >= 4 is 0 Å². The highest BCUT2D eigenvalue weighted by Crippen LogP contribution is 1.94. The van der Waals surface area contributed by atoms with E-state index in [0.717, 1.165) is 5.56 Å². The van der Waals surface area contributed by atoms with Crippen molar-refractivity contribution in [3.63, 3.8) is 0 Å². The van der Waals surface area contributed by atoms with Gasteiger partial charge in [0.2, 0.25) is 0 Å². The van der Waals surface area contributed by atoms with Crippen LogP contribution in [-0.2, 0) is 0 Å². The van der Waals surface area contributed by atoms with Gasteiger partial charge in [-0.05, 0) is 12.1 Å². The van der Waals surface area contributed by atoms with Crippen molar-refractivity contribution < 1.29 is 0 Å². The molecule has 0 bridgehead atoms. The molecule has 15 heavy (non-hydrogen) atoms. The van der Waals surface area contributed by atoms with Gasteiger partial charge in [0.25, 0.3) is 0 Å². The number of rotatable bonds is 2. The van der Waals surface area contributed by atoms with Crippen LogP contribution in [0.5, 0.6) is 0 Å². The van der Waals surface area contributed by atoms with E-state index < -0.39 is 0 Å². The summed E-state index contributed by atoms with van der Waals surface area (Å²) >= 11 is 0. The zero-order valence-corrected chi connectivity index (χ0v) is 8.09. The van der Waals surface area contributed by atoms with Crippen LogP contribution in [0.2, 0.25) is 0 Å². The molecule has 0 aliphatic carbocycles. The minimum Gasteiger partial charge on any atom is -0.311 e. The SMILES string of the molecule is C(#Cc1ccccc1)CNn1cnnc1. The first-order chi connectivity index (χ1) is 7.45. The largest absolute Gasteiger partial charge is 0.311 e. The van der Waals surface area contributed by atoms with Crippen LogP contribution in [-0.4, -0.2) is 21.4 Å². The van der Waals surface area contributed by atoms with Crippen molar-refractivity contribution in [3.05, 3.63) is 48.5 Å². The molecule has 4 heteroatoms. The molecule has 0 aliphatic heterocycles. The minimum atomic E-state index is 0.562. The van der Waals surface area contributed by atoms with Crippen molar-refractivity contribution in [3.8, 4) is 11.8 Å². The van der Waals surface area contributed by atoms with E-state index in [1.807, 2.05) is 30.3 Å². The van der Waals surface area contributed by atoms with Gasteiger partial charge in [0, 0.05) is 5.56 Å². The summed E-state index contributed by atoms with van der Waals surface area (Å²) in [7, 11) is 0. The van der Waals surface area contributed by atoms with Gasteiger partial charge in [0.05, 0.1) is 6.54 Å². The third-order valence-electron chi connectivity index (χ3n) is 1.78. The second kappa shape index (κ2) is 4.82. The van der Waals surface area contributed by atoms with Gasteiger partial charge in [-0.1, -0.05) is 30.0 Å². The van der Waals surface area contributed by atoms with Crippen LogP contribution in [0, 0.1) is 11.8 Å². The maximum atomic E-state index is 3.66. The fraction of sp³-hybridized carbons (Fsp3) is 0.0909. The summed E-state index contributed by atoms with van der Waals surface area (Å²) in [6, 6.07) is 9.87. The molecule has 2 rings (SSSR count). The predicted octanol–water partition coefficient (Wildman–Crippen LogP) is 0.873. The van der Waals surface area contributed by atoms with E-state index in [1.54, 1.807) is 17.3 Å². The lowest BCUT2D eigenvalue weighted by atomic mass is 10.2. The molecule has 1 N–H and O–H groups in total. The molecule has 0 saturated heterocycles. The molecule has 0 unspecified atom stereocenters. The molecule has 0 fully saturated rings. The first-order valence-electron chi connectivity index (χ1n) is 4.57. The topological polar surface area (TPSA) is 42.7 Å². The maximum Gasteiger partial charge on any atom is 0.138 e. The molecule has 0 spiro atoms. The van der Waals surface area contributed by atoms with Crippen molar-refractivity contribution in [1.29, 1.82) is 0 Å². The number of benzene rings is 1. The summed E-state index contributed by atoms with van der Waals surface area (Å²) in [6.07, 6.45) is 3.17. The Morgan fingerprint density at radius 2 is 1.87 bits per heavy atom. The Kier molecular flexibility index (Phi) is 2.98. The molecule has 0 saturated carbocycles. The Bertz CT molecular complexity index is 450. The molecule has 1 heterocycles. The summed E-state index contributed by atoms with van der Waals surface area (Å²) in [5.41, 5.74) is 4.03. The van der Waals surface area contributed by atoms with Gasteiger partial charge in [-0.2, -0.15) is 0 Å². The van der Waals surface area contributed by atoms with Crippen LogP contribution in [0.3, 0.4) is 0 Å². The number of nitrogens with zero attached hydrogens (tertiary/aromatic N) is 3. The fourth-order valence-corrected chi connectivity index (χ4v) is 1.08. The predicted molar refractivity (Wildman–Crippen MR) is 57.6 cm³/mol. The van der Waals surface area contributed by atoms with E-state index >= 15 is 0 Å². The average Bonchev–Trinajstić information content (AvgIpc) is 2.79. The first-order valence-corrected chi connectivity index (χ1v) is 4.57.